The third-order valence-corrected chi connectivity index (χ3v) is 9.53. The Morgan fingerprint density at radius 2 is 1.02 bits per heavy atom. The maximum atomic E-state index is 4.92. The van der Waals surface area contributed by atoms with Crippen LogP contribution in [0, 0.1) is 0 Å². The van der Waals surface area contributed by atoms with Gasteiger partial charge in [0.1, 0.15) is 5.82 Å². The van der Waals surface area contributed by atoms with Crippen LogP contribution >= 0.6 is 0 Å². The zero-order chi connectivity index (χ0) is 31.3. The molecular weight excluding hydrogens is 569 g/mol. The Balaban J connectivity index is 1.29. The lowest BCUT2D eigenvalue weighted by Gasteiger charge is -2.19. The molecule has 0 N–H and O–H groups in total. The first-order chi connectivity index (χ1) is 23.3. The van der Waals surface area contributed by atoms with Crippen molar-refractivity contribution < 1.29 is 0 Å². The third kappa shape index (κ3) is 4.53. The fraction of sp³-hybridized carbons (Fsp3) is 0.0444. The molecule has 0 fully saturated rings. The Hall–Kier alpha value is -5.99. The van der Waals surface area contributed by atoms with Gasteiger partial charge in [0.25, 0.3) is 0 Å². The molecule has 9 rings (SSSR count). The third-order valence-electron chi connectivity index (χ3n) is 9.53. The number of para-hydroxylation sites is 2. The first-order valence-electron chi connectivity index (χ1n) is 16.4. The van der Waals surface area contributed by atoms with E-state index in [1.165, 1.54) is 65.7 Å². The first-order valence-corrected chi connectivity index (χ1v) is 16.4. The fourth-order valence-corrected chi connectivity index (χ4v) is 7.33. The van der Waals surface area contributed by atoms with Crippen molar-refractivity contribution in [3.05, 3.63) is 170 Å². The summed E-state index contributed by atoms with van der Waals surface area (Å²) in [6, 6.07) is 59.6. The number of aryl methyl sites for hydroxylation is 1. The van der Waals surface area contributed by atoms with Crippen LogP contribution in [0.3, 0.4) is 0 Å². The summed E-state index contributed by atoms with van der Waals surface area (Å²) in [4.78, 5) is 4.92. The van der Waals surface area contributed by atoms with E-state index in [0.717, 1.165) is 29.0 Å². The smallest absolute Gasteiger partial charge is 0.114 e. The van der Waals surface area contributed by atoms with Gasteiger partial charge in [-0.15, -0.1) is 0 Å². The Morgan fingerprint density at radius 1 is 0.447 bits per heavy atom. The number of imidazole rings is 1. The summed E-state index contributed by atoms with van der Waals surface area (Å²) < 4.78 is 2.30. The van der Waals surface area contributed by atoms with Gasteiger partial charge < -0.3 is 0 Å². The molecule has 0 aliphatic heterocycles. The number of fused-ring (bicyclic) bond motifs is 4. The summed E-state index contributed by atoms with van der Waals surface area (Å²) in [6.45, 7) is 2.17. The Labute approximate surface area is 274 Å². The van der Waals surface area contributed by atoms with Gasteiger partial charge in [0.2, 0.25) is 0 Å². The topological polar surface area (TPSA) is 17.8 Å². The molecule has 8 aromatic carbocycles. The SMILES string of the molecule is CCc1nc2ccccc2n1-c1ccc(-c2c3ccccc3c(-c3ccccc3)c3cc(-c4ccc5ccccc5c4)ccc23)cc1. The number of nitrogens with zero attached hydrogens (tertiary/aromatic N) is 2. The van der Waals surface area contributed by atoms with E-state index in [0.29, 0.717) is 0 Å². The summed E-state index contributed by atoms with van der Waals surface area (Å²) in [7, 11) is 0. The van der Waals surface area contributed by atoms with Gasteiger partial charge in [-0.2, -0.15) is 0 Å². The normalized spacial score (nSPS) is 11.6. The molecule has 2 nitrogen and oxygen atoms in total. The molecule has 0 saturated heterocycles. The number of hydrogen-bond acceptors (Lipinski definition) is 1. The van der Waals surface area contributed by atoms with Crippen LogP contribution in [0.5, 0.6) is 0 Å². The maximum Gasteiger partial charge on any atom is 0.114 e. The zero-order valence-corrected chi connectivity index (χ0v) is 26.2. The van der Waals surface area contributed by atoms with E-state index < -0.39 is 0 Å². The van der Waals surface area contributed by atoms with Crippen LogP contribution in [-0.4, -0.2) is 9.55 Å². The molecule has 222 valence electrons. The van der Waals surface area contributed by atoms with Crippen LogP contribution in [0.2, 0.25) is 0 Å². The van der Waals surface area contributed by atoms with Crippen molar-refractivity contribution in [3.8, 4) is 39.1 Å². The van der Waals surface area contributed by atoms with Gasteiger partial charge >= 0.3 is 0 Å². The predicted molar refractivity (Wildman–Crippen MR) is 199 cm³/mol. The number of rotatable bonds is 5. The van der Waals surface area contributed by atoms with Crippen molar-refractivity contribution >= 4 is 43.4 Å². The molecule has 2 heteroatoms. The molecule has 0 amide bonds. The van der Waals surface area contributed by atoms with Crippen molar-refractivity contribution in [1.29, 1.82) is 0 Å². The van der Waals surface area contributed by atoms with Crippen LogP contribution in [-0.2, 0) is 6.42 Å². The lowest BCUT2D eigenvalue weighted by Crippen LogP contribution is -2.00. The molecule has 1 aromatic heterocycles. The molecule has 0 aliphatic carbocycles. The molecule has 0 radical (unpaired) electrons. The largest absolute Gasteiger partial charge is 0.296 e. The average molecular weight is 601 g/mol. The van der Waals surface area contributed by atoms with Crippen LogP contribution in [0.1, 0.15) is 12.7 Å². The van der Waals surface area contributed by atoms with Gasteiger partial charge in [0.15, 0.2) is 0 Å². The van der Waals surface area contributed by atoms with Gasteiger partial charge in [-0.25, -0.2) is 4.98 Å². The minimum atomic E-state index is 0.867. The van der Waals surface area contributed by atoms with Gasteiger partial charge in [0.05, 0.1) is 11.0 Å². The van der Waals surface area contributed by atoms with E-state index in [9.17, 15) is 0 Å². The monoisotopic (exact) mass is 600 g/mol. The Bertz CT molecular complexity index is 2590. The van der Waals surface area contributed by atoms with Crippen molar-refractivity contribution in [1.82, 2.24) is 9.55 Å². The second kappa shape index (κ2) is 11.1. The molecule has 0 saturated carbocycles. The minimum absolute atomic E-state index is 0.867. The fourth-order valence-electron chi connectivity index (χ4n) is 7.33. The van der Waals surface area contributed by atoms with Crippen LogP contribution in [0.25, 0.3) is 82.4 Å². The van der Waals surface area contributed by atoms with Crippen LogP contribution in [0.4, 0.5) is 0 Å². The van der Waals surface area contributed by atoms with Crippen LogP contribution < -0.4 is 0 Å². The molecular formula is C45H32N2. The van der Waals surface area contributed by atoms with E-state index in [1.54, 1.807) is 0 Å². The highest BCUT2D eigenvalue weighted by Crippen LogP contribution is 2.45. The molecule has 0 bridgehead atoms. The summed E-state index contributed by atoms with van der Waals surface area (Å²) in [5.41, 5.74) is 10.7. The lowest BCUT2D eigenvalue weighted by atomic mass is 9.84. The quantitative estimate of drug-likeness (QED) is 0.180. The summed E-state index contributed by atoms with van der Waals surface area (Å²) in [6.07, 6.45) is 0.867. The number of aromatic nitrogens is 2. The maximum absolute atomic E-state index is 4.92. The minimum Gasteiger partial charge on any atom is -0.296 e. The van der Waals surface area contributed by atoms with E-state index >= 15 is 0 Å². The van der Waals surface area contributed by atoms with Gasteiger partial charge in [-0.05, 0) is 102 Å². The summed E-state index contributed by atoms with van der Waals surface area (Å²) >= 11 is 0. The first kappa shape index (κ1) is 27.3. The highest BCUT2D eigenvalue weighted by atomic mass is 15.1. The van der Waals surface area contributed by atoms with E-state index in [1.807, 2.05) is 0 Å². The van der Waals surface area contributed by atoms with Crippen molar-refractivity contribution in [2.24, 2.45) is 0 Å². The highest BCUT2D eigenvalue weighted by molar-refractivity contribution is 6.22. The molecule has 0 unspecified atom stereocenters. The molecule has 0 atom stereocenters. The number of benzene rings is 8. The summed E-state index contributed by atoms with van der Waals surface area (Å²) in [5, 5.41) is 7.54. The van der Waals surface area contributed by atoms with Crippen LogP contribution in [0.15, 0.2) is 164 Å². The van der Waals surface area contributed by atoms with Gasteiger partial charge in [-0.3, -0.25) is 4.57 Å². The molecule has 0 aliphatic rings. The second-order valence-corrected chi connectivity index (χ2v) is 12.2. The predicted octanol–water partition coefficient (Wildman–Crippen LogP) is 12.0. The van der Waals surface area contributed by atoms with E-state index in [-0.39, 0.29) is 0 Å². The van der Waals surface area contributed by atoms with Crippen molar-refractivity contribution in [3.63, 3.8) is 0 Å². The highest BCUT2D eigenvalue weighted by Gasteiger charge is 2.18. The zero-order valence-electron chi connectivity index (χ0n) is 26.2. The van der Waals surface area contributed by atoms with E-state index in [2.05, 4.69) is 175 Å². The Morgan fingerprint density at radius 3 is 1.81 bits per heavy atom. The van der Waals surface area contributed by atoms with Crippen molar-refractivity contribution in [2.45, 2.75) is 13.3 Å². The van der Waals surface area contributed by atoms with E-state index in [4.69, 9.17) is 4.98 Å². The molecule has 1 heterocycles. The van der Waals surface area contributed by atoms with Gasteiger partial charge in [0, 0.05) is 12.1 Å². The molecule has 9 aromatic rings. The second-order valence-electron chi connectivity index (χ2n) is 12.2. The molecule has 47 heavy (non-hydrogen) atoms. The van der Waals surface area contributed by atoms with Crippen molar-refractivity contribution in [2.75, 3.05) is 0 Å². The molecule has 0 spiro atoms. The number of hydrogen-bond donors (Lipinski definition) is 0. The van der Waals surface area contributed by atoms with Gasteiger partial charge in [-0.1, -0.05) is 134 Å². The average Bonchev–Trinajstić information content (AvgIpc) is 3.53. The summed E-state index contributed by atoms with van der Waals surface area (Å²) in [5.74, 6) is 1.07. The lowest BCUT2D eigenvalue weighted by molar-refractivity contribution is 0.908. The standard InChI is InChI=1S/C45H32N2/c1-2-43-46-41-18-10-11-19-42(41)47(43)36-25-22-32(23-26-36)44-37-16-8-9-17-38(37)45(31-13-4-3-5-14-31)40-29-35(24-27-39(40)44)34-21-20-30-12-6-7-15-33(30)28-34/h3-29H,2H2,1H3. The Kier molecular flexibility index (Phi) is 6.46.